The number of hydrogen-bond acceptors (Lipinski definition) is 4. The van der Waals surface area contributed by atoms with Crippen LogP contribution in [0.15, 0.2) is 192 Å². The molecule has 1 unspecified atom stereocenters. The minimum Gasteiger partial charge on any atom is -0.344 e. The van der Waals surface area contributed by atoms with Crippen LogP contribution in [0.4, 0.5) is 0 Å². The number of fused-ring (bicyclic) bond motifs is 10. The van der Waals surface area contributed by atoms with E-state index in [4.69, 9.17) is 9.98 Å². The molecule has 3 heterocycles. The van der Waals surface area contributed by atoms with Crippen LogP contribution >= 0.6 is 11.3 Å². The van der Waals surface area contributed by atoms with E-state index < -0.39 is 0 Å². The highest BCUT2D eigenvalue weighted by Gasteiger charge is 2.23. The lowest BCUT2D eigenvalue weighted by Crippen LogP contribution is -2.33. The summed E-state index contributed by atoms with van der Waals surface area (Å²) in [6.45, 7) is 0. The minimum absolute atomic E-state index is 0.324. The van der Waals surface area contributed by atoms with Gasteiger partial charge in [0.15, 0.2) is 5.84 Å². The molecule has 1 aliphatic rings. The maximum absolute atomic E-state index is 5.30. The van der Waals surface area contributed by atoms with Gasteiger partial charge in [-0.05, 0) is 74.3 Å². The Morgan fingerprint density at radius 3 is 1.96 bits per heavy atom. The Labute approximate surface area is 326 Å². The van der Waals surface area contributed by atoms with Gasteiger partial charge in [0.1, 0.15) is 12.0 Å². The van der Waals surface area contributed by atoms with Gasteiger partial charge in [0, 0.05) is 37.4 Å². The number of rotatable bonds is 4. The topological polar surface area (TPSA) is 41.7 Å². The van der Waals surface area contributed by atoms with Crippen LogP contribution in [0.1, 0.15) is 22.9 Å². The Morgan fingerprint density at radius 1 is 0.482 bits per heavy atom. The molecule has 5 heteroatoms. The van der Waals surface area contributed by atoms with Gasteiger partial charge in [-0.25, -0.2) is 9.98 Å². The molecule has 12 rings (SSSR count). The summed E-state index contributed by atoms with van der Waals surface area (Å²) in [6, 6.07) is 65.6. The van der Waals surface area contributed by atoms with Crippen molar-refractivity contribution >= 4 is 97.3 Å². The third-order valence-corrected chi connectivity index (χ3v) is 12.6. The fourth-order valence-electron chi connectivity index (χ4n) is 8.71. The van der Waals surface area contributed by atoms with Crippen molar-refractivity contribution in [1.82, 2.24) is 9.88 Å². The molecule has 0 fully saturated rings. The average molecular weight is 733 g/mol. The van der Waals surface area contributed by atoms with Gasteiger partial charge in [0.2, 0.25) is 0 Å². The maximum atomic E-state index is 5.30. The van der Waals surface area contributed by atoms with Crippen LogP contribution in [0.5, 0.6) is 0 Å². The SMILES string of the molecule is c1ccc2cc(C3=NC(c4ccc5c(c4)sc4c(-n6c7ccccc7c7c8ccccc8ccc76)cccc45)NC(c4ccc5ccccc5c4)=N3)ccc2c1. The van der Waals surface area contributed by atoms with Crippen LogP contribution < -0.4 is 5.32 Å². The van der Waals surface area contributed by atoms with E-state index >= 15 is 0 Å². The quantitative estimate of drug-likeness (QED) is 0.192. The lowest BCUT2D eigenvalue weighted by Gasteiger charge is -2.24. The van der Waals surface area contributed by atoms with Crippen LogP contribution in [0, 0.1) is 0 Å². The summed E-state index contributed by atoms with van der Waals surface area (Å²) in [6.07, 6.45) is -0.324. The van der Waals surface area contributed by atoms with E-state index in [9.17, 15) is 0 Å². The molecule has 262 valence electrons. The van der Waals surface area contributed by atoms with Gasteiger partial charge in [-0.2, -0.15) is 0 Å². The van der Waals surface area contributed by atoms with Crippen LogP contribution in [0.25, 0.3) is 80.0 Å². The lowest BCUT2D eigenvalue weighted by molar-refractivity contribution is 0.675. The summed E-state index contributed by atoms with van der Waals surface area (Å²) in [7, 11) is 0. The number of para-hydroxylation sites is 1. The zero-order valence-corrected chi connectivity index (χ0v) is 31.0. The largest absolute Gasteiger partial charge is 0.344 e. The molecule has 0 aliphatic carbocycles. The first-order chi connectivity index (χ1) is 27.7. The third kappa shape index (κ3) is 4.84. The predicted molar refractivity (Wildman–Crippen MR) is 238 cm³/mol. The first kappa shape index (κ1) is 31.3. The van der Waals surface area contributed by atoms with Crippen LogP contribution in [0.3, 0.4) is 0 Å². The van der Waals surface area contributed by atoms with Gasteiger partial charge in [-0.1, -0.05) is 146 Å². The van der Waals surface area contributed by atoms with E-state index in [1.54, 1.807) is 0 Å². The van der Waals surface area contributed by atoms with Crippen LogP contribution in [0.2, 0.25) is 0 Å². The molecule has 11 aromatic rings. The molecule has 1 N–H and O–H groups in total. The maximum Gasteiger partial charge on any atom is 0.159 e. The fourth-order valence-corrected chi connectivity index (χ4v) is 9.96. The molecule has 0 bridgehead atoms. The van der Waals surface area contributed by atoms with Crippen molar-refractivity contribution in [2.75, 3.05) is 0 Å². The molecule has 0 radical (unpaired) electrons. The van der Waals surface area contributed by atoms with Crippen molar-refractivity contribution in [3.8, 4) is 5.69 Å². The highest BCUT2D eigenvalue weighted by Crippen LogP contribution is 2.43. The smallest absolute Gasteiger partial charge is 0.159 e. The number of nitrogens with one attached hydrogen (secondary N) is 1. The number of aliphatic imine (C=N–C) groups is 2. The first-order valence-corrected chi connectivity index (χ1v) is 19.8. The van der Waals surface area contributed by atoms with E-state index in [-0.39, 0.29) is 6.17 Å². The molecule has 4 nitrogen and oxygen atoms in total. The fraction of sp³-hybridized carbons (Fsp3) is 0.0196. The van der Waals surface area contributed by atoms with Crippen molar-refractivity contribution in [3.63, 3.8) is 0 Å². The van der Waals surface area contributed by atoms with Crippen LogP contribution in [-0.2, 0) is 0 Å². The van der Waals surface area contributed by atoms with Crippen molar-refractivity contribution < 1.29 is 0 Å². The Hall–Kier alpha value is -7.08. The number of amidine groups is 2. The summed E-state index contributed by atoms with van der Waals surface area (Å²) >= 11 is 1.86. The van der Waals surface area contributed by atoms with Crippen molar-refractivity contribution in [3.05, 3.63) is 199 Å². The second-order valence-electron chi connectivity index (χ2n) is 14.6. The van der Waals surface area contributed by atoms with Gasteiger partial charge >= 0.3 is 0 Å². The van der Waals surface area contributed by atoms with Gasteiger partial charge in [0.25, 0.3) is 0 Å². The van der Waals surface area contributed by atoms with Gasteiger partial charge < -0.3 is 9.88 Å². The zero-order valence-electron chi connectivity index (χ0n) is 30.1. The Morgan fingerprint density at radius 2 is 1.14 bits per heavy atom. The molecule has 1 atom stereocenters. The van der Waals surface area contributed by atoms with Crippen LogP contribution in [-0.4, -0.2) is 16.2 Å². The highest BCUT2D eigenvalue weighted by atomic mass is 32.1. The summed E-state index contributed by atoms with van der Waals surface area (Å²) < 4.78 is 4.96. The number of hydrogen-bond donors (Lipinski definition) is 1. The molecular formula is C51H32N4S. The molecule has 9 aromatic carbocycles. The van der Waals surface area contributed by atoms with Gasteiger partial charge in [-0.15, -0.1) is 11.3 Å². The number of aromatic nitrogens is 1. The summed E-state index contributed by atoms with van der Waals surface area (Å²) in [5.41, 5.74) is 6.77. The molecule has 0 saturated heterocycles. The van der Waals surface area contributed by atoms with Gasteiger partial charge in [0.05, 0.1) is 21.4 Å². The van der Waals surface area contributed by atoms with Crippen molar-refractivity contribution in [2.24, 2.45) is 9.98 Å². The first-order valence-electron chi connectivity index (χ1n) is 19.0. The molecule has 2 aromatic heterocycles. The number of thiophene rings is 1. The minimum atomic E-state index is -0.324. The van der Waals surface area contributed by atoms with E-state index in [2.05, 4.69) is 192 Å². The second-order valence-corrected chi connectivity index (χ2v) is 15.7. The Kier molecular flexibility index (Phi) is 6.83. The van der Waals surface area contributed by atoms with E-state index in [1.807, 2.05) is 11.3 Å². The standard InChI is InChI=1S/C51H32N4S/c1-3-13-34-28-36(22-20-31(34)10-1)49-52-50(37-23-21-32-11-2-4-14-35(32)29-37)54-51(53-49)38-24-26-40-41-17-9-19-45(48(41)56-46(40)30-38)55-43-18-8-7-16-42(43)47-39-15-6-5-12-33(39)25-27-44(47)55/h1-30,51H,(H,52,53,54). The number of nitrogens with zero attached hydrogens (tertiary/aromatic N) is 3. The summed E-state index contributed by atoms with van der Waals surface area (Å²) in [4.78, 5) is 10.5. The Bertz CT molecular complexity index is 3480. The molecule has 0 amide bonds. The Balaban J connectivity index is 1.01. The average Bonchev–Trinajstić information content (AvgIpc) is 3.82. The normalized spacial score (nSPS) is 14.6. The summed E-state index contributed by atoms with van der Waals surface area (Å²) in [5, 5.41) is 16.1. The summed E-state index contributed by atoms with van der Waals surface area (Å²) in [5.74, 6) is 1.54. The second kappa shape index (κ2) is 12.2. The van der Waals surface area contributed by atoms with Crippen molar-refractivity contribution in [1.29, 1.82) is 0 Å². The lowest BCUT2D eigenvalue weighted by atomic mass is 10.0. The van der Waals surface area contributed by atoms with E-state index in [0.717, 1.165) is 28.4 Å². The zero-order chi connectivity index (χ0) is 36.7. The molecule has 1 aliphatic heterocycles. The number of benzene rings is 9. The predicted octanol–water partition coefficient (Wildman–Crippen LogP) is 13.1. The molecule has 0 spiro atoms. The highest BCUT2D eigenvalue weighted by molar-refractivity contribution is 7.26. The molecular weight excluding hydrogens is 701 g/mol. The molecule has 0 saturated carbocycles. The monoisotopic (exact) mass is 732 g/mol. The van der Waals surface area contributed by atoms with Gasteiger partial charge in [-0.3, -0.25) is 0 Å². The molecule has 56 heavy (non-hydrogen) atoms. The van der Waals surface area contributed by atoms with E-state index in [0.29, 0.717) is 0 Å². The van der Waals surface area contributed by atoms with Crippen molar-refractivity contribution in [2.45, 2.75) is 6.17 Å². The van der Waals surface area contributed by atoms with E-state index in [1.165, 1.54) is 80.0 Å². The third-order valence-electron chi connectivity index (χ3n) is 11.4.